The second-order valence-corrected chi connectivity index (χ2v) is 3.88. The molecule has 1 heterocycles. The van der Waals surface area contributed by atoms with Crippen molar-refractivity contribution in [1.29, 1.82) is 0 Å². The fraction of sp³-hybridized carbons (Fsp3) is 0.444. The molecule has 17 heavy (non-hydrogen) atoms. The van der Waals surface area contributed by atoms with Crippen molar-refractivity contribution in [2.45, 2.75) is 18.9 Å². The van der Waals surface area contributed by atoms with Crippen molar-refractivity contribution < 1.29 is 14.8 Å². The highest BCUT2D eigenvalue weighted by atomic mass is 16.6. The van der Waals surface area contributed by atoms with Gasteiger partial charge in [-0.15, -0.1) is 0 Å². The van der Waals surface area contributed by atoms with E-state index >= 15 is 0 Å². The topological polar surface area (TPSA) is 115 Å². The van der Waals surface area contributed by atoms with Crippen molar-refractivity contribution in [3.8, 4) is 0 Å². The predicted octanol–water partition coefficient (Wildman–Crippen LogP) is 0.187. The number of rotatable bonds is 4. The van der Waals surface area contributed by atoms with E-state index in [1.165, 1.54) is 0 Å². The third-order valence-corrected chi connectivity index (χ3v) is 2.63. The summed E-state index contributed by atoms with van der Waals surface area (Å²) in [5.74, 6) is -1.31. The van der Waals surface area contributed by atoms with Crippen LogP contribution >= 0.6 is 0 Å². The lowest BCUT2D eigenvalue weighted by Crippen LogP contribution is -2.32. The first-order valence-corrected chi connectivity index (χ1v) is 4.96. The third-order valence-electron chi connectivity index (χ3n) is 2.63. The Morgan fingerprint density at radius 2 is 2.29 bits per heavy atom. The number of nitrogens with zero attached hydrogens (tertiary/aromatic N) is 3. The van der Waals surface area contributed by atoms with Crippen molar-refractivity contribution in [1.82, 2.24) is 9.55 Å². The number of carboxylic acid groups (broad SMARTS) is 1. The van der Waals surface area contributed by atoms with E-state index in [1.807, 2.05) is 0 Å². The molecule has 0 spiro atoms. The van der Waals surface area contributed by atoms with Gasteiger partial charge in [-0.1, -0.05) is 0 Å². The van der Waals surface area contributed by atoms with E-state index in [9.17, 15) is 19.7 Å². The lowest BCUT2D eigenvalue weighted by atomic mass is 10.2. The van der Waals surface area contributed by atoms with Crippen molar-refractivity contribution in [3.05, 3.63) is 33.0 Å². The van der Waals surface area contributed by atoms with Gasteiger partial charge in [-0.3, -0.25) is 14.7 Å². The van der Waals surface area contributed by atoms with Crippen molar-refractivity contribution >= 4 is 11.7 Å². The van der Waals surface area contributed by atoms with Gasteiger partial charge in [0, 0.05) is 0 Å². The van der Waals surface area contributed by atoms with Crippen LogP contribution in [-0.2, 0) is 4.79 Å². The molecule has 0 bridgehead atoms. The Kier molecular flexibility index (Phi) is 2.62. The Balaban J connectivity index is 2.48. The summed E-state index contributed by atoms with van der Waals surface area (Å²) in [6.07, 6.45) is 3.16. The quantitative estimate of drug-likeness (QED) is 0.592. The van der Waals surface area contributed by atoms with Gasteiger partial charge in [-0.05, 0) is 18.8 Å². The Morgan fingerprint density at radius 3 is 2.76 bits per heavy atom. The van der Waals surface area contributed by atoms with E-state index in [4.69, 9.17) is 5.11 Å². The number of carboxylic acids is 1. The summed E-state index contributed by atoms with van der Waals surface area (Å²) in [7, 11) is 0. The van der Waals surface area contributed by atoms with Crippen molar-refractivity contribution in [2.24, 2.45) is 5.92 Å². The normalized spacial score (nSPS) is 16.5. The van der Waals surface area contributed by atoms with Gasteiger partial charge < -0.3 is 5.11 Å². The lowest BCUT2D eigenvalue weighted by Gasteiger charge is -2.13. The molecule has 1 aliphatic rings. The van der Waals surface area contributed by atoms with Gasteiger partial charge in [-0.25, -0.2) is 9.59 Å². The first kappa shape index (κ1) is 11.2. The molecule has 1 saturated carbocycles. The summed E-state index contributed by atoms with van der Waals surface area (Å²) in [4.78, 5) is 35.6. The number of carbonyl (C=O) groups is 1. The summed E-state index contributed by atoms with van der Waals surface area (Å²) < 4.78 is 0.831. The molecule has 90 valence electrons. The predicted molar refractivity (Wildman–Crippen MR) is 54.5 cm³/mol. The Morgan fingerprint density at radius 1 is 1.65 bits per heavy atom. The molecular weight excluding hydrogens is 230 g/mol. The van der Waals surface area contributed by atoms with E-state index in [0.29, 0.717) is 12.8 Å². The molecule has 1 unspecified atom stereocenters. The zero-order valence-electron chi connectivity index (χ0n) is 8.65. The summed E-state index contributed by atoms with van der Waals surface area (Å²) in [5, 5.41) is 19.6. The zero-order valence-corrected chi connectivity index (χ0v) is 8.65. The van der Waals surface area contributed by atoms with Crippen LogP contribution in [0.1, 0.15) is 18.9 Å². The highest BCUT2D eigenvalue weighted by Gasteiger charge is 2.38. The molecule has 0 amide bonds. The van der Waals surface area contributed by atoms with Crippen LogP contribution in [0.15, 0.2) is 17.2 Å². The number of hydrogen-bond acceptors (Lipinski definition) is 5. The van der Waals surface area contributed by atoms with Crippen molar-refractivity contribution in [3.63, 3.8) is 0 Å². The molecule has 1 atom stereocenters. The van der Waals surface area contributed by atoms with Gasteiger partial charge in [0.1, 0.15) is 12.2 Å². The smallest absolute Gasteiger partial charge is 0.348 e. The maximum Gasteiger partial charge on any atom is 0.348 e. The molecule has 1 aliphatic carbocycles. The Bertz CT molecular complexity index is 534. The van der Waals surface area contributed by atoms with E-state index in [2.05, 4.69) is 4.98 Å². The molecule has 1 aromatic heterocycles. The van der Waals surface area contributed by atoms with E-state index in [0.717, 1.165) is 17.0 Å². The molecule has 0 aliphatic heterocycles. The van der Waals surface area contributed by atoms with Crippen LogP contribution in [-0.4, -0.2) is 25.6 Å². The Hall–Kier alpha value is -2.25. The molecule has 1 N–H and O–H groups in total. The monoisotopic (exact) mass is 239 g/mol. The average molecular weight is 239 g/mol. The number of aromatic nitrogens is 2. The molecule has 0 radical (unpaired) electrons. The van der Waals surface area contributed by atoms with Crippen LogP contribution in [0, 0.1) is 16.0 Å². The minimum atomic E-state index is -1.17. The standard InChI is InChI=1S/C9H9N3O5/c13-8(14)7(5-1-2-5)11-4-6(12(16)17)3-10-9(11)15/h3-5,7H,1-2H2,(H,13,14). The maximum atomic E-state index is 11.4. The highest BCUT2D eigenvalue weighted by molar-refractivity contribution is 5.72. The van der Waals surface area contributed by atoms with Crippen LogP contribution in [0.5, 0.6) is 0 Å². The van der Waals surface area contributed by atoms with Gasteiger partial charge in [0.15, 0.2) is 0 Å². The van der Waals surface area contributed by atoms with E-state index < -0.39 is 28.3 Å². The second-order valence-electron chi connectivity index (χ2n) is 3.88. The molecule has 1 aromatic rings. The van der Waals surface area contributed by atoms with Crippen molar-refractivity contribution in [2.75, 3.05) is 0 Å². The fourth-order valence-corrected chi connectivity index (χ4v) is 1.67. The molecule has 0 saturated heterocycles. The molecule has 2 rings (SSSR count). The first-order valence-electron chi connectivity index (χ1n) is 4.96. The number of nitro groups is 1. The van der Waals surface area contributed by atoms with Crippen LogP contribution in [0.25, 0.3) is 0 Å². The molecule has 8 heteroatoms. The number of aliphatic carboxylic acids is 1. The molecule has 1 fully saturated rings. The van der Waals surface area contributed by atoms with Crippen LogP contribution in [0.4, 0.5) is 5.69 Å². The first-order chi connectivity index (χ1) is 8.00. The fourth-order valence-electron chi connectivity index (χ4n) is 1.67. The van der Waals surface area contributed by atoms with Crippen LogP contribution in [0.3, 0.4) is 0 Å². The molecule has 0 aromatic carbocycles. The van der Waals surface area contributed by atoms with E-state index in [-0.39, 0.29) is 5.92 Å². The lowest BCUT2D eigenvalue weighted by molar-refractivity contribution is -0.385. The van der Waals surface area contributed by atoms with Gasteiger partial charge >= 0.3 is 17.3 Å². The molecule has 8 nitrogen and oxygen atoms in total. The van der Waals surface area contributed by atoms with Gasteiger partial charge in [0.05, 0.1) is 11.1 Å². The minimum Gasteiger partial charge on any atom is -0.480 e. The van der Waals surface area contributed by atoms with Crippen LogP contribution in [0.2, 0.25) is 0 Å². The minimum absolute atomic E-state index is 0.144. The average Bonchev–Trinajstić information content (AvgIpc) is 3.04. The second kappa shape index (κ2) is 3.96. The third kappa shape index (κ3) is 2.14. The molecular formula is C9H9N3O5. The summed E-state index contributed by atoms with van der Waals surface area (Å²) in [6, 6.07) is -1.06. The summed E-state index contributed by atoms with van der Waals surface area (Å²) in [6.45, 7) is 0. The maximum absolute atomic E-state index is 11.4. The summed E-state index contributed by atoms with van der Waals surface area (Å²) in [5.41, 5.74) is -1.17. The highest BCUT2D eigenvalue weighted by Crippen LogP contribution is 2.39. The van der Waals surface area contributed by atoms with Crippen LogP contribution < -0.4 is 5.69 Å². The SMILES string of the molecule is O=C(O)C(C1CC1)n1cc([N+](=O)[O-])cnc1=O. The largest absolute Gasteiger partial charge is 0.480 e. The van der Waals surface area contributed by atoms with Gasteiger partial charge in [0.2, 0.25) is 0 Å². The Labute approximate surface area is 94.7 Å². The summed E-state index contributed by atoms with van der Waals surface area (Å²) >= 11 is 0. The van der Waals surface area contributed by atoms with E-state index in [1.54, 1.807) is 0 Å². The number of hydrogen-bond donors (Lipinski definition) is 1. The van der Waals surface area contributed by atoms with Gasteiger partial charge in [0.25, 0.3) is 0 Å². The van der Waals surface area contributed by atoms with Gasteiger partial charge in [-0.2, -0.15) is 4.98 Å². The zero-order chi connectivity index (χ0) is 12.6.